The van der Waals surface area contributed by atoms with Gasteiger partial charge in [0, 0.05) is 16.1 Å². The minimum atomic E-state index is -0.215. The maximum Gasteiger partial charge on any atom is 0.274 e. The molecule has 122 valence electrons. The number of halogens is 1. The topological polar surface area (TPSA) is 42.0 Å². The van der Waals surface area contributed by atoms with Crippen LogP contribution in [0.4, 0.5) is 5.69 Å². The van der Waals surface area contributed by atoms with Crippen molar-refractivity contribution < 1.29 is 4.79 Å². The lowest BCUT2D eigenvalue weighted by Gasteiger charge is -2.16. The van der Waals surface area contributed by atoms with Gasteiger partial charge in [-0.3, -0.25) is 4.79 Å². The standard InChI is InChI=1S/C20H19ClN2O/c1-3-13-9-11-16(21)15(4-2)19(13)23-20(24)18-12-10-14-7-5-6-8-17(14)22-18/h5-12H,3-4H2,1-2H3,(H,23,24). The number of benzene rings is 2. The molecule has 3 rings (SSSR count). The number of aryl methyl sites for hydroxylation is 1. The van der Waals surface area contributed by atoms with Crippen LogP contribution in [0, 0.1) is 0 Å². The molecule has 4 heteroatoms. The van der Waals surface area contributed by atoms with Gasteiger partial charge in [0.25, 0.3) is 5.91 Å². The number of carbonyl (C=O) groups is 1. The molecule has 1 heterocycles. The molecule has 2 aromatic carbocycles. The number of pyridine rings is 1. The van der Waals surface area contributed by atoms with Crippen LogP contribution in [-0.4, -0.2) is 10.9 Å². The Hall–Kier alpha value is -2.39. The Balaban J connectivity index is 1.98. The number of nitrogens with one attached hydrogen (secondary N) is 1. The number of fused-ring (bicyclic) bond motifs is 1. The summed E-state index contributed by atoms with van der Waals surface area (Å²) in [6, 6.07) is 15.3. The van der Waals surface area contributed by atoms with Crippen molar-refractivity contribution in [3.8, 4) is 0 Å². The predicted molar refractivity (Wildman–Crippen MR) is 99.9 cm³/mol. The normalized spacial score (nSPS) is 10.8. The van der Waals surface area contributed by atoms with Gasteiger partial charge in [0.15, 0.2) is 0 Å². The fourth-order valence-electron chi connectivity index (χ4n) is 2.84. The van der Waals surface area contributed by atoms with Crippen LogP contribution in [0.25, 0.3) is 10.9 Å². The first-order valence-electron chi connectivity index (χ1n) is 8.11. The predicted octanol–water partition coefficient (Wildman–Crippen LogP) is 5.27. The van der Waals surface area contributed by atoms with Gasteiger partial charge < -0.3 is 5.32 Å². The molecule has 0 aliphatic heterocycles. The summed E-state index contributed by atoms with van der Waals surface area (Å²) in [5, 5.41) is 4.71. The number of anilines is 1. The highest BCUT2D eigenvalue weighted by molar-refractivity contribution is 6.32. The Morgan fingerprint density at radius 3 is 2.58 bits per heavy atom. The lowest BCUT2D eigenvalue weighted by atomic mass is 10.0. The Morgan fingerprint density at radius 1 is 1.04 bits per heavy atom. The van der Waals surface area contributed by atoms with Crippen LogP contribution in [0.2, 0.25) is 5.02 Å². The Kier molecular flexibility index (Phi) is 4.81. The van der Waals surface area contributed by atoms with Crippen molar-refractivity contribution in [1.29, 1.82) is 0 Å². The van der Waals surface area contributed by atoms with E-state index < -0.39 is 0 Å². The van der Waals surface area contributed by atoms with Gasteiger partial charge in [0.2, 0.25) is 0 Å². The molecule has 24 heavy (non-hydrogen) atoms. The third-order valence-corrected chi connectivity index (χ3v) is 4.50. The molecule has 0 radical (unpaired) electrons. The highest BCUT2D eigenvalue weighted by Crippen LogP contribution is 2.30. The van der Waals surface area contributed by atoms with E-state index in [1.54, 1.807) is 6.07 Å². The zero-order valence-electron chi connectivity index (χ0n) is 13.8. The third-order valence-electron chi connectivity index (χ3n) is 4.15. The molecule has 3 aromatic rings. The summed E-state index contributed by atoms with van der Waals surface area (Å²) in [5.41, 5.74) is 4.06. The second-order valence-electron chi connectivity index (χ2n) is 5.61. The maximum atomic E-state index is 12.7. The molecule has 0 saturated heterocycles. The second kappa shape index (κ2) is 7.02. The number of para-hydroxylation sites is 1. The number of rotatable bonds is 4. The van der Waals surface area contributed by atoms with Crippen LogP contribution in [0.1, 0.15) is 35.5 Å². The van der Waals surface area contributed by atoms with Crippen LogP contribution in [0.15, 0.2) is 48.5 Å². The van der Waals surface area contributed by atoms with Crippen LogP contribution in [0.3, 0.4) is 0 Å². The second-order valence-corrected chi connectivity index (χ2v) is 6.02. The Morgan fingerprint density at radius 2 is 1.83 bits per heavy atom. The van der Waals surface area contributed by atoms with E-state index in [-0.39, 0.29) is 5.91 Å². The fraction of sp³-hybridized carbons (Fsp3) is 0.200. The Labute approximate surface area is 146 Å². The molecule has 0 unspecified atom stereocenters. The first-order valence-corrected chi connectivity index (χ1v) is 8.49. The smallest absolute Gasteiger partial charge is 0.274 e. The van der Waals surface area contributed by atoms with Crippen LogP contribution < -0.4 is 5.32 Å². The lowest BCUT2D eigenvalue weighted by Crippen LogP contribution is -2.16. The van der Waals surface area contributed by atoms with Crippen LogP contribution in [0.5, 0.6) is 0 Å². The van der Waals surface area contributed by atoms with Crippen molar-refractivity contribution in [2.24, 2.45) is 0 Å². The molecular formula is C20H19ClN2O. The van der Waals surface area contributed by atoms with E-state index in [9.17, 15) is 4.79 Å². The van der Waals surface area contributed by atoms with Gasteiger partial charge in [-0.1, -0.05) is 55.8 Å². The highest BCUT2D eigenvalue weighted by atomic mass is 35.5. The zero-order valence-corrected chi connectivity index (χ0v) is 14.5. The number of amides is 1. The van der Waals surface area contributed by atoms with Crippen LogP contribution >= 0.6 is 11.6 Å². The minimum Gasteiger partial charge on any atom is -0.320 e. The summed E-state index contributed by atoms with van der Waals surface area (Å²) in [6.45, 7) is 4.09. The van der Waals surface area contributed by atoms with Crippen molar-refractivity contribution in [3.05, 3.63) is 70.4 Å². The van der Waals surface area contributed by atoms with E-state index in [1.807, 2.05) is 49.4 Å². The van der Waals surface area contributed by atoms with Crippen molar-refractivity contribution in [2.45, 2.75) is 26.7 Å². The summed E-state index contributed by atoms with van der Waals surface area (Å²) in [7, 11) is 0. The van der Waals surface area contributed by atoms with E-state index in [1.165, 1.54) is 0 Å². The number of aromatic nitrogens is 1. The number of nitrogens with zero attached hydrogens (tertiary/aromatic N) is 1. The van der Waals surface area contributed by atoms with Gasteiger partial charge in [-0.15, -0.1) is 0 Å². The molecule has 0 atom stereocenters. The summed E-state index contributed by atoms with van der Waals surface area (Å²) < 4.78 is 0. The number of carbonyl (C=O) groups excluding carboxylic acids is 1. The molecule has 0 spiro atoms. The van der Waals surface area contributed by atoms with Crippen LogP contribution in [-0.2, 0) is 12.8 Å². The molecule has 0 bridgehead atoms. The fourth-order valence-corrected chi connectivity index (χ4v) is 3.13. The molecule has 1 N–H and O–H groups in total. The van der Waals surface area contributed by atoms with Gasteiger partial charge in [0.1, 0.15) is 5.69 Å². The molecule has 0 aliphatic rings. The number of hydrogen-bond donors (Lipinski definition) is 1. The molecule has 0 aliphatic carbocycles. The molecule has 1 amide bonds. The van der Waals surface area contributed by atoms with E-state index >= 15 is 0 Å². The van der Waals surface area contributed by atoms with E-state index in [2.05, 4.69) is 17.2 Å². The summed E-state index contributed by atoms with van der Waals surface area (Å²) >= 11 is 6.30. The summed E-state index contributed by atoms with van der Waals surface area (Å²) in [6.07, 6.45) is 1.58. The van der Waals surface area contributed by atoms with E-state index in [0.29, 0.717) is 10.7 Å². The van der Waals surface area contributed by atoms with Crippen molar-refractivity contribution in [3.63, 3.8) is 0 Å². The van der Waals surface area contributed by atoms with Crippen molar-refractivity contribution in [1.82, 2.24) is 4.98 Å². The van der Waals surface area contributed by atoms with Gasteiger partial charge in [-0.25, -0.2) is 4.98 Å². The molecule has 1 aromatic heterocycles. The van der Waals surface area contributed by atoms with Crippen molar-refractivity contribution >= 4 is 34.1 Å². The highest BCUT2D eigenvalue weighted by Gasteiger charge is 2.15. The average Bonchev–Trinajstić information content (AvgIpc) is 2.61. The summed E-state index contributed by atoms with van der Waals surface area (Å²) in [5.74, 6) is -0.215. The maximum absolute atomic E-state index is 12.7. The summed E-state index contributed by atoms with van der Waals surface area (Å²) in [4.78, 5) is 17.1. The molecule has 3 nitrogen and oxygen atoms in total. The monoisotopic (exact) mass is 338 g/mol. The SMILES string of the molecule is CCc1ccc(Cl)c(CC)c1NC(=O)c1ccc2ccccc2n1. The number of hydrogen-bond acceptors (Lipinski definition) is 2. The quantitative estimate of drug-likeness (QED) is 0.704. The first-order chi connectivity index (χ1) is 11.6. The molecular weight excluding hydrogens is 320 g/mol. The largest absolute Gasteiger partial charge is 0.320 e. The van der Waals surface area contributed by atoms with Crippen molar-refractivity contribution in [2.75, 3.05) is 5.32 Å². The molecule has 0 saturated carbocycles. The lowest BCUT2D eigenvalue weighted by molar-refractivity contribution is 0.102. The third kappa shape index (κ3) is 3.13. The van der Waals surface area contributed by atoms with E-state index in [0.717, 1.165) is 40.6 Å². The van der Waals surface area contributed by atoms with E-state index in [4.69, 9.17) is 11.6 Å². The first kappa shape index (κ1) is 16.5. The average molecular weight is 339 g/mol. The minimum absolute atomic E-state index is 0.215. The zero-order chi connectivity index (χ0) is 17.1. The van der Waals surface area contributed by atoms with Gasteiger partial charge in [0.05, 0.1) is 5.52 Å². The molecule has 0 fully saturated rings. The Bertz CT molecular complexity index is 905. The van der Waals surface area contributed by atoms with Gasteiger partial charge in [-0.05, 0) is 42.2 Å². The van der Waals surface area contributed by atoms with Gasteiger partial charge >= 0.3 is 0 Å². The van der Waals surface area contributed by atoms with Gasteiger partial charge in [-0.2, -0.15) is 0 Å².